The Hall–Kier alpha value is -2.54. The van der Waals surface area contributed by atoms with Crippen LogP contribution in [0.4, 0.5) is 4.79 Å². The number of imide groups is 2. The summed E-state index contributed by atoms with van der Waals surface area (Å²) in [6, 6.07) is 7.44. The zero-order valence-corrected chi connectivity index (χ0v) is 15.0. The van der Waals surface area contributed by atoms with Gasteiger partial charge in [-0.2, -0.15) is 0 Å². The van der Waals surface area contributed by atoms with E-state index in [1.54, 1.807) is 0 Å². The van der Waals surface area contributed by atoms with E-state index < -0.39 is 17.8 Å². The first-order valence-electron chi connectivity index (χ1n) is 8.20. The van der Waals surface area contributed by atoms with Crippen molar-refractivity contribution in [3.8, 4) is 10.6 Å². The van der Waals surface area contributed by atoms with E-state index in [0.717, 1.165) is 26.8 Å². The molecule has 3 rings (SSSR count). The Bertz CT molecular complexity index is 813. The minimum absolute atomic E-state index is 0.0222. The van der Waals surface area contributed by atoms with Crippen molar-refractivity contribution in [2.75, 3.05) is 6.54 Å². The highest BCUT2D eigenvalue weighted by Gasteiger charge is 2.44. The lowest BCUT2D eigenvalue weighted by molar-refractivity contribution is -0.143. The van der Waals surface area contributed by atoms with Crippen molar-refractivity contribution in [1.82, 2.24) is 14.8 Å². The predicted octanol–water partition coefficient (Wildman–Crippen LogP) is 3.21. The van der Waals surface area contributed by atoms with Crippen molar-refractivity contribution in [3.05, 3.63) is 40.9 Å². The van der Waals surface area contributed by atoms with Gasteiger partial charge in [-0.05, 0) is 13.3 Å². The number of thiazole rings is 1. The zero-order chi connectivity index (χ0) is 18.0. The minimum Gasteiger partial charge on any atom is -0.263 e. The molecule has 0 bridgehead atoms. The third-order valence-electron chi connectivity index (χ3n) is 4.04. The molecule has 1 aromatic heterocycles. The molecule has 6 nitrogen and oxygen atoms in total. The van der Waals surface area contributed by atoms with Gasteiger partial charge < -0.3 is 0 Å². The summed E-state index contributed by atoms with van der Waals surface area (Å²) in [5.41, 5.74) is 2.76. The van der Waals surface area contributed by atoms with E-state index in [4.69, 9.17) is 0 Å². The van der Waals surface area contributed by atoms with Gasteiger partial charge in [-0.25, -0.2) is 14.7 Å². The first-order valence-corrected chi connectivity index (χ1v) is 9.08. The van der Waals surface area contributed by atoms with Crippen molar-refractivity contribution in [3.63, 3.8) is 0 Å². The summed E-state index contributed by atoms with van der Waals surface area (Å²) in [4.78, 5) is 42.9. The van der Waals surface area contributed by atoms with Gasteiger partial charge in [-0.15, -0.1) is 11.3 Å². The number of benzene rings is 1. The first-order chi connectivity index (χ1) is 12.0. The molecule has 1 aliphatic heterocycles. The Labute approximate surface area is 150 Å². The number of aromatic nitrogens is 1. The lowest BCUT2D eigenvalue weighted by atomic mass is 10.2. The number of carbonyl (C=O) groups excluding carboxylic acids is 3. The van der Waals surface area contributed by atoms with Crippen molar-refractivity contribution in [2.45, 2.75) is 33.2 Å². The molecular weight excluding hydrogens is 338 g/mol. The highest BCUT2D eigenvalue weighted by atomic mass is 32.1. The number of urea groups is 1. The summed E-state index contributed by atoms with van der Waals surface area (Å²) in [5, 5.41) is 2.64. The molecule has 4 amide bonds. The first kappa shape index (κ1) is 17.3. The molecule has 2 aromatic rings. The smallest absolute Gasteiger partial charge is 0.263 e. The van der Waals surface area contributed by atoms with E-state index in [1.807, 2.05) is 43.5 Å². The van der Waals surface area contributed by atoms with E-state index in [0.29, 0.717) is 12.1 Å². The van der Waals surface area contributed by atoms with Gasteiger partial charge in [-0.1, -0.05) is 43.2 Å². The summed E-state index contributed by atoms with van der Waals surface area (Å²) in [6.45, 7) is 4.28. The van der Waals surface area contributed by atoms with Crippen LogP contribution in [0.3, 0.4) is 0 Å². The minimum atomic E-state index is -0.772. The average molecular weight is 357 g/mol. The third kappa shape index (κ3) is 3.46. The van der Waals surface area contributed by atoms with Gasteiger partial charge in [0.1, 0.15) is 5.01 Å². The van der Waals surface area contributed by atoms with Crippen LogP contribution in [0, 0.1) is 6.92 Å². The molecule has 0 aliphatic carbocycles. The quantitative estimate of drug-likeness (QED) is 0.588. The number of nitrogens with zero attached hydrogens (tertiary/aromatic N) is 3. The van der Waals surface area contributed by atoms with Gasteiger partial charge in [0, 0.05) is 17.5 Å². The van der Waals surface area contributed by atoms with Gasteiger partial charge >= 0.3 is 17.8 Å². The van der Waals surface area contributed by atoms with E-state index >= 15 is 0 Å². The normalized spacial score (nSPS) is 14.7. The second kappa shape index (κ2) is 7.14. The molecule has 1 fully saturated rings. The van der Waals surface area contributed by atoms with Crippen LogP contribution >= 0.6 is 11.3 Å². The fourth-order valence-corrected chi connectivity index (χ4v) is 3.39. The second-order valence-corrected chi connectivity index (χ2v) is 6.85. The van der Waals surface area contributed by atoms with Crippen molar-refractivity contribution >= 4 is 29.2 Å². The Morgan fingerprint density at radius 2 is 1.72 bits per heavy atom. The molecule has 1 saturated heterocycles. The summed E-state index contributed by atoms with van der Waals surface area (Å²) >= 11 is 1.45. The maximum atomic E-state index is 12.3. The number of unbranched alkanes of at least 4 members (excludes halogenated alkanes) is 1. The molecule has 0 atom stereocenters. The van der Waals surface area contributed by atoms with Crippen molar-refractivity contribution in [1.29, 1.82) is 0 Å². The molecule has 0 unspecified atom stereocenters. The van der Waals surface area contributed by atoms with Crippen LogP contribution in [-0.2, 0) is 16.1 Å². The number of aryl methyl sites for hydroxylation is 1. The Kier molecular flexibility index (Phi) is 4.94. The monoisotopic (exact) mass is 357 g/mol. The van der Waals surface area contributed by atoms with Gasteiger partial charge in [-0.3, -0.25) is 14.5 Å². The van der Waals surface area contributed by atoms with Crippen LogP contribution in [0.2, 0.25) is 0 Å². The molecule has 0 spiro atoms. The Morgan fingerprint density at radius 1 is 1.04 bits per heavy atom. The number of hydrogen-bond donors (Lipinski definition) is 0. The number of rotatable bonds is 6. The maximum Gasteiger partial charge on any atom is 0.334 e. The fraction of sp³-hybridized carbons (Fsp3) is 0.333. The molecule has 0 radical (unpaired) electrons. The van der Waals surface area contributed by atoms with Crippen LogP contribution in [0.15, 0.2) is 29.6 Å². The fourth-order valence-electron chi connectivity index (χ4n) is 2.57. The molecule has 2 heterocycles. The summed E-state index contributed by atoms with van der Waals surface area (Å²) in [6.07, 6.45) is 1.53. The van der Waals surface area contributed by atoms with Crippen molar-refractivity contribution in [2.24, 2.45) is 0 Å². The molecule has 25 heavy (non-hydrogen) atoms. The van der Waals surface area contributed by atoms with Crippen LogP contribution in [-0.4, -0.2) is 39.2 Å². The molecule has 130 valence electrons. The summed E-state index contributed by atoms with van der Waals surface area (Å²) in [7, 11) is 0. The average Bonchev–Trinajstić information content (AvgIpc) is 3.14. The van der Waals surface area contributed by atoms with Gasteiger partial charge in [0.2, 0.25) is 0 Å². The standard InChI is InChI=1S/C18H19N3O3S/c1-3-4-9-20-16(22)17(23)21(18(20)24)10-14-11-25-15(19-14)13-7-5-12(2)6-8-13/h5-8,11H,3-4,9-10H2,1-2H3. The lowest BCUT2D eigenvalue weighted by Crippen LogP contribution is -2.33. The molecule has 1 aliphatic rings. The van der Waals surface area contributed by atoms with Gasteiger partial charge in [0.05, 0.1) is 12.2 Å². The van der Waals surface area contributed by atoms with E-state index in [-0.39, 0.29) is 13.1 Å². The van der Waals surface area contributed by atoms with Crippen molar-refractivity contribution < 1.29 is 14.4 Å². The SMILES string of the molecule is CCCCN1C(=O)C(=O)N(Cc2csc(-c3ccc(C)cc3)n2)C1=O. The number of carbonyl (C=O) groups is 3. The largest absolute Gasteiger partial charge is 0.334 e. The van der Waals surface area contributed by atoms with E-state index in [9.17, 15) is 14.4 Å². The molecule has 1 aromatic carbocycles. The van der Waals surface area contributed by atoms with Crippen LogP contribution in [0.25, 0.3) is 10.6 Å². The molecule has 0 N–H and O–H groups in total. The topological polar surface area (TPSA) is 70.6 Å². The molecular formula is C18H19N3O3S. The van der Waals surface area contributed by atoms with Gasteiger partial charge in [0.25, 0.3) is 0 Å². The predicted molar refractivity (Wildman–Crippen MR) is 94.9 cm³/mol. The number of amides is 4. The zero-order valence-electron chi connectivity index (χ0n) is 14.2. The maximum absolute atomic E-state index is 12.3. The Morgan fingerprint density at radius 3 is 2.40 bits per heavy atom. The highest BCUT2D eigenvalue weighted by molar-refractivity contribution is 7.13. The summed E-state index contributed by atoms with van der Waals surface area (Å²) < 4.78 is 0. The van der Waals surface area contributed by atoms with Crippen LogP contribution < -0.4 is 0 Å². The highest BCUT2D eigenvalue weighted by Crippen LogP contribution is 2.25. The molecule has 7 heteroatoms. The number of hydrogen-bond acceptors (Lipinski definition) is 5. The molecule has 0 saturated carbocycles. The van der Waals surface area contributed by atoms with E-state index in [2.05, 4.69) is 4.98 Å². The van der Waals surface area contributed by atoms with E-state index in [1.165, 1.54) is 16.9 Å². The van der Waals surface area contributed by atoms with Gasteiger partial charge in [0.15, 0.2) is 0 Å². The second-order valence-electron chi connectivity index (χ2n) is 5.99. The van der Waals surface area contributed by atoms with Crippen LogP contribution in [0.5, 0.6) is 0 Å². The lowest BCUT2D eigenvalue weighted by Gasteiger charge is -2.14. The Balaban J connectivity index is 1.74. The summed E-state index contributed by atoms with van der Waals surface area (Å²) in [5.74, 6) is -1.52. The van der Waals surface area contributed by atoms with Crippen LogP contribution in [0.1, 0.15) is 31.0 Å². The third-order valence-corrected chi connectivity index (χ3v) is 4.98.